The van der Waals surface area contributed by atoms with Crippen molar-refractivity contribution in [2.75, 3.05) is 19.7 Å². The molecule has 1 fully saturated rings. The van der Waals surface area contributed by atoms with Crippen molar-refractivity contribution in [3.05, 3.63) is 0 Å². The number of carbonyl (C=O) groups excluding carboxylic acids is 2. The lowest BCUT2D eigenvalue weighted by molar-refractivity contribution is -0.189. The van der Waals surface area contributed by atoms with E-state index in [2.05, 4.69) is 5.32 Å². The number of alkyl carbamates (subject to hydrolysis) is 1. The molecule has 0 aliphatic carbocycles. The molecule has 1 heterocycles. The van der Waals surface area contributed by atoms with Gasteiger partial charge in [0.15, 0.2) is 0 Å². The number of carboxylic acid groups (broad SMARTS) is 1. The number of carboxylic acids is 1. The average molecular weight is 368 g/mol. The van der Waals surface area contributed by atoms with E-state index in [1.165, 1.54) is 0 Å². The van der Waals surface area contributed by atoms with Gasteiger partial charge in [0, 0.05) is 19.5 Å². The summed E-state index contributed by atoms with van der Waals surface area (Å²) < 4.78 is 43.4. The second-order valence-electron chi connectivity index (χ2n) is 6.00. The maximum absolute atomic E-state index is 12.9. The zero-order valence-electron chi connectivity index (χ0n) is 14.0. The van der Waals surface area contributed by atoms with Crippen LogP contribution in [0.5, 0.6) is 0 Å². The van der Waals surface area contributed by atoms with Gasteiger partial charge in [0.25, 0.3) is 0 Å². The summed E-state index contributed by atoms with van der Waals surface area (Å²) in [4.78, 5) is 35.4. The van der Waals surface area contributed by atoms with Crippen LogP contribution in [0.2, 0.25) is 0 Å². The Morgan fingerprint density at radius 3 is 2.68 bits per heavy atom. The maximum Gasteiger partial charge on any atom is 0.407 e. The smallest absolute Gasteiger partial charge is 0.407 e. The van der Waals surface area contributed by atoms with E-state index in [0.717, 1.165) is 11.3 Å². The maximum atomic E-state index is 12.9. The first-order valence-corrected chi connectivity index (χ1v) is 8.13. The Morgan fingerprint density at radius 2 is 2.12 bits per heavy atom. The first-order chi connectivity index (χ1) is 11.6. The van der Waals surface area contributed by atoms with Gasteiger partial charge in [-0.1, -0.05) is 13.3 Å². The SMILES string of the molecule is CCCCOC(=O)NC(CC(=O)O)CN1CC(C(F)(F)F)CCC1=O. The van der Waals surface area contributed by atoms with Crippen LogP contribution < -0.4 is 5.32 Å². The van der Waals surface area contributed by atoms with E-state index >= 15 is 0 Å². The molecule has 1 aliphatic heterocycles. The number of nitrogens with zero attached hydrogens (tertiary/aromatic N) is 1. The first-order valence-electron chi connectivity index (χ1n) is 8.13. The second-order valence-corrected chi connectivity index (χ2v) is 6.00. The Morgan fingerprint density at radius 1 is 1.44 bits per heavy atom. The summed E-state index contributed by atoms with van der Waals surface area (Å²) in [7, 11) is 0. The van der Waals surface area contributed by atoms with Crippen LogP contribution in [0.4, 0.5) is 18.0 Å². The van der Waals surface area contributed by atoms with E-state index < -0.39 is 49.1 Å². The summed E-state index contributed by atoms with van der Waals surface area (Å²) >= 11 is 0. The Kier molecular flexibility index (Phi) is 7.98. The van der Waals surface area contributed by atoms with Crippen molar-refractivity contribution in [3.63, 3.8) is 0 Å². The lowest BCUT2D eigenvalue weighted by Crippen LogP contribution is -2.51. The molecule has 0 bridgehead atoms. The fourth-order valence-corrected chi connectivity index (χ4v) is 2.51. The standard InChI is InChI=1S/C15H23F3N2O5/c1-2-3-6-25-14(24)19-11(7-13(22)23)9-20-8-10(15(16,17)18)4-5-12(20)21/h10-11H,2-9H2,1H3,(H,19,24)(H,22,23). The highest BCUT2D eigenvalue weighted by molar-refractivity contribution is 5.77. The Bertz CT molecular complexity index is 484. The van der Waals surface area contributed by atoms with Crippen LogP contribution in [0, 0.1) is 5.92 Å². The van der Waals surface area contributed by atoms with Gasteiger partial charge in [-0.3, -0.25) is 9.59 Å². The van der Waals surface area contributed by atoms with Gasteiger partial charge < -0.3 is 20.1 Å². The number of amides is 2. The Labute approximate surface area is 143 Å². The summed E-state index contributed by atoms with van der Waals surface area (Å²) in [5.74, 6) is -3.38. The van der Waals surface area contributed by atoms with Gasteiger partial charge in [0.1, 0.15) is 0 Å². The molecule has 0 radical (unpaired) electrons. The Hall–Kier alpha value is -2.00. The average Bonchev–Trinajstić information content (AvgIpc) is 2.47. The third-order valence-electron chi connectivity index (χ3n) is 3.88. The van der Waals surface area contributed by atoms with Crippen molar-refractivity contribution in [1.82, 2.24) is 10.2 Å². The van der Waals surface area contributed by atoms with Gasteiger partial charge >= 0.3 is 18.2 Å². The fourth-order valence-electron chi connectivity index (χ4n) is 2.51. The third-order valence-corrected chi connectivity index (χ3v) is 3.88. The minimum absolute atomic E-state index is 0.154. The molecule has 2 atom stereocenters. The number of aliphatic carboxylic acids is 1. The van der Waals surface area contributed by atoms with E-state index in [9.17, 15) is 27.6 Å². The second kappa shape index (κ2) is 9.47. The highest BCUT2D eigenvalue weighted by atomic mass is 19.4. The molecule has 0 saturated carbocycles. The van der Waals surface area contributed by atoms with Crippen molar-refractivity contribution < 1.29 is 37.4 Å². The number of ether oxygens (including phenoxy) is 1. The topological polar surface area (TPSA) is 95.9 Å². The number of carbonyl (C=O) groups is 3. The fraction of sp³-hybridized carbons (Fsp3) is 0.800. The van der Waals surface area contributed by atoms with E-state index in [1.807, 2.05) is 6.92 Å². The third kappa shape index (κ3) is 7.61. The summed E-state index contributed by atoms with van der Waals surface area (Å²) in [6, 6.07) is -1.03. The van der Waals surface area contributed by atoms with E-state index in [-0.39, 0.29) is 26.0 Å². The molecular weight excluding hydrogens is 345 g/mol. The van der Waals surface area contributed by atoms with Crippen molar-refractivity contribution in [2.45, 2.75) is 51.2 Å². The number of halogens is 3. The van der Waals surface area contributed by atoms with Crippen molar-refractivity contribution >= 4 is 18.0 Å². The minimum atomic E-state index is -4.42. The zero-order chi connectivity index (χ0) is 19.0. The van der Waals surface area contributed by atoms with Crippen LogP contribution in [-0.2, 0) is 14.3 Å². The van der Waals surface area contributed by atoms with E-state index in [0.29, 0.717) is 6.42 Å². The van der Waals surface area contributed by atoms with Crippen LogP contribution in [0.3, 0.4) is 0 Å². The molecule has 144 valence electrons. The van der Waals surface area contributed by atoms with Crippen LogP contribution in [0.15, 0.2) is 0 Å². The van der Waals surface area contributed by atoms with Crippen LogP contribution in [0.25, 0.3) is 0 Å². The molecule has 1 rings (SSSR count). The zero-order valence-corrected chi connectivity index (χ0v) is 14.0. The highest BCUT2D eigenvalue weighted by Crippen LogP contribution is 2.33. The molecule has 2 N–H and O–H groups in total. The molecule has 2 amide bonds. The number of rotatable bonds is 8. The van der Waals surface area contributed by atoms with Crippen LogP contribution in [0.1, 0.15) is 39.0 Å². The lowest BCUT2D eigenvalue weighted by atomic mass is 9.96. The van der Waals surface area contributed by atoms with Gasteiger partial charge in [-0.15, -0.1) is 0 Å². The normalized spacial score (nSPS) is 19.4. The van der Waals surface area contributed by atoms with E-state index in [1.54, 1.807) is 0 Å². The number of likely N-dealkylation sites (tertiary alicyclic amines) is 1. The molecule has 0 aromatic rings. The minimum Gasteiger partial charge on any atom is -0.481 e. The molecule has 7 nitrogen and oxygen atoms in total. The van der Waals surface area contributed by atoms with Crippen molar-refractivity contribution in [2.24, 2.45) is 5.92 Å². The lowest BCUT2D eigenvalue weighted by Gasteiger charge is -2.35. The van der Waals surface area contributed by atoms with E-state index in [4.69, 9.17) is 9.84 Å². The van der Waals surface area contributed by atoms with Gasteiger partial charge in [-0.05, 0) is 12.8 Å². The molecular formula is C15H23F3N2O5. The summed E-state index contributed by atoms with van der Waals surface area (Å²) in [5.41, 5.74) is 0. The quantitative estimate of drug-likeness (QED) is 0.640. The summed E-state index contributed by atoms with van der Waals surface area (Å²) in [6.45, 7) is 1.21. The number of piperidine rings is 1. The highest BCUT2D eigenvalue weighted by Gasteiger charge is 2.44. The predicted molar refractivity (Wildman–Crippen MR) is 80.8 cm³/mol. The molecule has 0 aromatic heterocycles. The number of nitrogens with one attached hydrogen (secondary N) is 1. The first kappa shape index (κ1) is 21.0. The predicted octanol–water partition coefficient (Wildman–Crippen LogP) is 2.16. The molecule has 1 saturated heterocycles. The van der Waals surface area contributed by atoms with Gasteiger partial charge in [-0.25, -0.2) is 4.79 Å². The van der Waals surface area contributed by atoms with Crippen molar-refractivity contribution in [1.29, 1.82) is 0 Å². The number of unbranched alkanes of at least 4 members (excludes halogenated alkanes) is 1. The number of hydrogen-bond donors (Lipinski definition) is 2. The molecule has 2 unspecified atom stereocenters. The number of alkyl halides is 3. The largest absolute Gasteiger partial charge is 0.481 e. The molecule has 1 aliphatic rings. The summed E-state index contributed by atoms with van der Waals surface area (Å²) in [6.07, 6.45) is -4.91. The van der Waals surface area contributed by atoms with Gasteiger partial charge in [0.2, 0.25) is 5.91 Å². The summed E-state index contributed by atoms with van der Waals surface area (Å²) in [5, 5.41) is 11.2. The van der Waals surface area contributed by atoms with Gasteiger partial charge in [0.05, 0.1) is 25.0 Å². The molecule has 25 heavy (non-hydrogen) atoms. The van der Waals surface area contributed by atoms with Crippen LogP contribution in [-0.4, -0.2) is 59.9 Å². The monoisotopic (exact) mass is 368 g/mol. The molecule has 0 spiro atoms. The number of hydrogen-bond acceptors (Lipinski definition) is 4. The Balaban J connectivity index is 2.67. The van der Waals surface area contributed by atoms with Crippen molar-refractivity contribution in [3.8, 4) is 0 Å². The molecule has 10 heteroatoms. The van der Waals surface area contributed by atoms with Gasteiger partial charge in [-0.2, -0.15) is 13.2 Å². The molecule has 0 aromatic carbocycles. The van der Waals surface area contributed by atoms with Crippen LogP contribution >= 0.6 is 0 Å².